The van der Waals surface area contributed by atoms with Crippen LogP contribution in [0.5, 0.6) is 0 Å². The molecule has 1 aromatic heterocycles. The molecule has 1 unspecified atom stereocenters. The number of nitrogens with one attached hydrogen (secondary N) is 1. The molecule has 7 nitrogen and oxygen atoms in total. The molecule has 206 valence electrons. The summed E-state index contributed by atoms with van der Waals surface area (Å²) in [6.07, 6.45) is 5.54. The van der Waals surface area contributed by atoms with Crippen LogP contribution in [0.4, 0.5) is 0 Å². The first-order chi connectivity index (χ1) is 19.4. The second-order valence-corrected chi connectivity index (χ2v) is 12.9. The average Bonchev–Trinajstić information content (AvgIpc) is 3.43. The van der Waals surface area contributed by atoms with Crippen molar-refractivity contribution in [3.63, 3.8) is 0 Å². The largest absolute Gasteiger partial charge is 0.325 e. The summed E-state index contributed by atoms with van der Waals surface area (Å²) >= 11 is 0. The van der Waals surface area contributed by atoms with E-state index >= 15 is 0 Å². The summed E-state index contributed by atoms with van der Waals surface area (Å²) in [5.41, 5.74) is 3.77. The Morgan fingerprint density at radius 1 is 0.975 bits per heavy atom. The van der Waals surface area contributed by atoms with E-state index < -0.39 is 10.0 Å². The zero-order valence-corrected chi connectivity index (χ0v) is 23.6. The second-order valence-electron chi connectivity index (χ2n) is 11.2. The molecule has 0 saturated carbocycles. The van der Waals surface area contributed by atoms with Crippen molar-refractivity contribution in [2.24, 2.45) is 0 Å². The van der Waals surface area contributed by atoms with Crippen LogP contribution in [0.1, 0.15) is 61.0 Å². The lowest BCUT2D eigenvalue weighted by Gasteiger charge is -2.40. The van der Waals surface area contributed by atoms with E-state index in [4.69, 9.17) is 4.98 Å². The Balaban J connectivity index is 1.15. The molecule has 4 atom stereocenters. The topological polar surface area (TPSA) is 91.0 Å². The highest BCUT2D eigenvalue weighted by Gasteiger charge is 2.41. The highest BCUT2D eigenvalue weighted by atomic mass is 32.2. The van der Waals surface area contributed by atoms with Gasteiger partial charge in [0.05, 0.1) is 27.6 Å². The van der Waals surface area contributed by atoms with Crippen molar-refractivity contribution in [1.29, 1.82) is 5.26 Å². The van der Waals surface area contributed by atoms with Crippen molar-refractivity contribution in [3.05, 3.63) is 95.8 Å². The maximum atomic E-state index is 13.1. The Hall–Kier alpha value is -3.51. The molecule has 2 saturated heterocycles. The minimum absolute atomic E-state index is 0.0482. The van der Waals surface area contributed by atoms with Crippen LogP contribution >= 0.6 is 0 Å². The lowest BCUT2D eigenvalue weighted by atomic mass is 9.93. The van der Waals surface area contributed by atoms with E-state index in [9.17, 15) is 13.7 Å². The Bertz CT molecular complexity index is 1630. The van der Waals surface area contributed by atoms with Gasteiger partial charge >= 0.3 is 0 Å². The Morgan fingerprint density at radius 2 is 1.70 bits per heavy atom. The van der Waals surface area contributed by atoms with Crippen molar-refractivity contribution in [1.82, 2.24) is 19.2 Å². The van der Waals surface area contributed by atoms with Gasteiger partial charge in [-0.3, -0.25) is 4.90 Å². The zero-order valence-electron chi connectivity index (χ0n) is 22.8. The number of aromatic nitrogens is 2. The van der Waals surface area contributed by atoms with Crippen LogP contribution in [-0.2, 0) is 10.0 Å². The van der Waals surface area contributed by atoms with Crippen LogP contribution in [0.25, 0.3) is 11.0 Å². The molecule has 3 heterocycles. The first-order valence-electron chi connectivity index (χ1n) is 14.2. The van der Waals surface area contributed by atoms with E-state index in [0.717, 1.165) is 42.7 Å². The molecule has 0 aliphatic carbocycles. The number of sulfonamides is 1. The van der Waals surface area contributed by atoms with Crippen LogP contribution in [0.15, 0.2) is 83.8 Å². The van der Waals surface area contributed by atoms with Gasteiger partial charge in [0.1, 0.15) is 5.82 Å². The maximum absolute atomic E-state index is 13.1. The lowest BCUT2D eigenvalue weighted by molar-refractivity contribution is 0.104. The Kier molecular flexibility index (Phi) is 7.45. The van der Waals surface area contributed by atoms with E-state index in [1.165, 1.54) is 30.5 Å². The SMILES string of the molecule is Cc1nc2ccccc2n1[C@H]1C[C@H]2CC[C@@H](C1)N2CCC(CNS(=O)(=O)c1cccc(C#N)c1)c1ccccc1. The van der Waals surface area contributed by atoms with Crippen molar-refractivity contribution in [2.75, 3.05) is 13.1 Å². The smallest absolute Gasteiger partial charge is 0.240 e. The molecular formula is C32H35N5O2S. The van der Waals surface area contributed by atoms with Gasteiger partial charge in [0.25, 0.3) is 0 Å². The normalized spacial score (nSPS) is 21.9. The van der Waals surface area contributed by atoms with Crippen molar-refractivity contribution in [2.45, 2.75) is 68.0 Å². The zero-order chi connectivity index (χ0) is 27.7. The predicted octanol–water partition coefficient (Wildman–Crippen LogP) is 5.54. The number of nitrogens with zero attached hydrogens (tertiary/aromatic N) is 4. The fraction of sp³-hybridized carbons (Fsp3) is 0.375. The summed E-state index contributed by atoms with van der Waals surface area (Å²) in [4.78, 5) is 7.63. The molecule has 4 aromatic rings. The molecule has 8 heteroatoms. The highest BCUT2D eigenvalue weighted by Crippen LogP contribution is 2.42. The molecule has 2 fully saturated rings. The van der Waals surface area contributed by atoms with Crippen molar-refractivity contribution >= 4 is 21.1 Å². The molecule has 40 heavy (non-hydrogen) atoms. The average molecular weight is 554 g/mol. The predicted molar refractivity (Wildman–Crippen MR) is 156 cm³/mol. The standard InChI is InChI=1S/C32H35N5O2S/c1-23-35-31-12-5-6-13-32(31)37(23)29-19-27-14-15-28(20-29)36(27)17-16-26(25-9-3-2-4-10-25)22-34-40(38,39)30-11-7-8-24(18-30)21-33/h2-13,18,26-29,34H,14-17,19-20,22H2,1H3/t26?,27-,28+,29+. The lowest BCUT2D eigenvalue weighted by Crippen LogP contribution is -2.44. The minimum Gasteiger partial charge on any atom is -0.325 e. The first-order valence-corrected chi connectivity index (χ1v) is 15.7. The molecule has 0 radical (unpaired) electrons. The minimum atomic E-state index is -3.73. The van der Waals surface area contributed by atoms with Gasteiger partial charge in [-0.1, -0.05) is 48.5 Å². The van der Waals surface area contributed by atoms with Gasteiger partial charge in [0.15, 0.2) is 0 Å². The third-order valence-electron chi connectivity index (χ3n) is 8.80. The van der Waals surface area contributed by atoms with Crippen LogP contribution in [0.3, 0.4) is 0 Å². The first kappa shape index (κ1) is 26.7. The monoisotopic (exact) mass is 553 g/mol. The fourth-order valence-corrected chi connectivity index (χ4v) is 8.02. The number of nitriles is 1. The summed E-state index contributed by atoms with van der Waals surface area (Å²) in [7, 11) is -3.73. The van der Waals surface area contributed by atoms with Gasteiger partial charge in [-0.15, -0.1) is 0 Å². The van der Waals surface area contributed by atoms with Crippen LogP contribution in [0.2, 0.25) is 0 Å². The molecule has 3 aromatic carbocycles. The number of benzene rings is 3. The van der Waals surface area contributed by atoms with Gasteiger partial charge < -0.3 is 4.57 Å². The maximum Gasteiger partial charge on any atom is 0.240 e. The summed E-state index contributed by atoms with van der Waals surface area (Å²) in [6.45, 7) is 3.38. The van der Waals surface area contributed by atoms with Gasteiger partial charge in [0.2, 0.25) is 10.0 Å². The third kappa shape index (κ3) is 5.29. The van der Waals surface area contributed by atoms with Crippen molar-refractivity contribution in [3.8, 4) is 6.07 Å². The van der Waals surface area contributed by atoms with E-state index in [1.54, 1.807) is 12.1 Å². The number of fused-ring (bicyclic) bond motifs is 3. The number of para-hydroxylation sites is 2. The summed E-state index contributed by atoms with van der Waals surface area (Å²) in [5, 5.41) is 9.19. The number of aryl methyl sites for hydroxylation is 1. The van der Waals surface area contributed by atoms with E-state index in [-0.39, 0.29) is 10.8 Å². The van der Waals surface area contributed by atoms with Crippen LogP contribution < -0.4 is 4.72 Å². The van der Waals surface area contributed by atoms with Gasteiger partial charge in [0, 0.05) is 24.7 Å². The quantitative estimate of drug-likeness (QED) is 0.294. The fourth-order valence-electron chi connectivity index (χ4n) is 6.89. The Labute approximate surface area is 236 Å². The second kappa shape index (κ2) is 11.2. The molecule has 2 aliphatic rings. The van der Waals surface area contributed by atoms with Gasteiger partial charge in [-0.2, -0.15) is 5.26 Å². The van der Waals surface area contributed by atoms with E-state index in [2.05, 4.69) is 57.5 Å². The molecule has 6 rings (SSSR count). The highest BCUT2D eigenvalue weighted by molar-refractivity contribution is 7.89. The van der Waals surface area contributed by atoms with Crippen molar-refractivity contribution < 1.29 is 8.42 Å². The number of hydrogen-bond donors (Lipinski definition) is 1. The van der Waals surface area contributed by atoms with Crippen LogP contribution in [-0.4, -0.2) is 48.0 Å². The Morgan fingerprint density at radius 3 is 2.45 bits per heavy atom. The molecule has 2 aliphatic heterocycles. The number of imidazole rings is 1. The molecule has 2 bridgehead atoms. The number of hydrogen-bond acceptors (Lipinski definition) is 5. The van der Waals surface area contributed by atoms with E-state index in [0.29, 0.717) is 30.2 Å². The molecular weight excluding hydrogens is 518 g/mol. The van der Waals surface area contributed by atoms with E-state index in [1.807, 2.05) is 24.3 Å². The third-order valence-corrected chi connectivity index (χ3v) is 10.2. The van der Waals surface area contributed by atoms with Gasteiger partial charge in [-0.25, -0.2) is 18.1 Å². The molecule has 1 N–H and O–H groups in total. The summed E-state index contributed by atoms with van der Waals surface area (Å²) in [6, 6.07) is 28.4. The molecule has 0 amide bonds. The number of rotatable bonds is 9. The summed E-state index contributed by atoms with van der Waals surface area (Å²) in [5.74, 6) is 1.14. The molecule has 0 spiro atoms. The van der Waals surface area contributed by atoms with Gasteiger partial charge in [-0.05, 0) is 87.4 Å². The summed E-state index contributed by atoms with van der Waals surface area (Å²) < 4.78 is 31.5. The van der Waals surface area contributed by atoms with Crippen LogP contribution in [0, 0.1) is 18.3 Å². The number of piperidine rings is 1.